The number of nitrogens with one attached hydrogen (secondary N) is 1. The van der Waals surface area contributed by atoms with E-state index in [1.807, 2.05) is 72.8 Å². The third kappa shape index (κ3) is 5.31. The van der Waals surface area contributed by atoms with Gasteiger partial charge in [-0.1, -0.05) is 60.7 Å². The molecule has 1 saturated heterocycles. The van der Waals surface area contributed by atoms with Crippen LogP contribution in [0.1, 0.15) is 18.1 Å². The maximum atomic E-state index is 13.6. The number of piperazine rings is 1. The lowest BCUT2D eigenvalue weighted by atomic mass is 10.2. The number of hydrogen-bond acceptors (Lipinski definition) is 6. The maximum absolute atomic E-state index is 13.6. The van der Waals surface area contributed by atoms with E-state index in [0.29, 0.717) is 36.7 Å². The van der Waals surface area contributed by atoms with Gasteiger partial charge in [0.1, 0.15) is 18.9 Å². The minimum Gasteiger partial charge on any atom is -0.473 e. The van der Waals surface area contributed by atoms with Gasteiger partial charge in [-0.3, -0.25) is 9.13 Å². The quantitative estimate of drug-likeness (QED) is 0.311. The van der Waals surface area contributed by atoms with Gasteiger partial charge in [0.2, 0.25) is 11.8 Å². The first kappa shape index (κ1) is 25.7. The van der Waals surface area contributed by atoms with Gasteiger partial charge in [-0.05, 0) is 42.3 Å². The van der Waals surface area contributed by atoms with Crippen molar-refractivity contribution in [3.05, 3.63) is 113 Å². The van der Waals surface area contributed by atoms with Crippen molar-refractivity contribution in [2.75, 3.05) is 24.5 Å². The van der Waals surface area contributed by atoms with Crippen molar-refractivity contribution in [3.63, 3.8) is 0 Å². The van der Waals surface area contributed by atoms with Crippen LogP contribution < -0.4 is 25.4 Å². The number of ether oxygens (including phenoxy) is 2. The summed E-state index contributed by atoms with van der Waals surface area (Å²) in [5.74, 6) is 0.767. The molecule has 0 unspecified atom stereocenters. The molecule has 0 amide bonds. The van der Waals surface area contributed by atoms with E-state index < -0.39 is 0 Å². The zero-order valence-corrected chi connectivity index (χ0v) is 22.8. The minimum absolute atomic E-state index is 0.162. The average molecular weight is 536 g/mol. The average Bonchev–Trinajstić information content (AvgIpc) is 3.24. The van der Waals surface area contributed by atoms with Crippen molar-refractivity contribution in [3.8, 4) is 17.4 Å². The highest BCUT2D eigenvalue weighted by Crippen LogP contribution is 2.29. The number of benzene rings is 3. The van der Waals surface area contributed by atoms with Gasteiger partial charge in [-0.25, -0.2) is 4.79 Å². The monoisotopic (exact) mass is 535 g/mol. The normalized spacial score (nSPS) is 15.3. The zero-order chi connectivity index (χ0) is 27.5. The van der Waals surface area contributed by atoms with Crippen LogP contribution in [-0.4, -0.2) is 39.8 Å². The van der Waals surface area contributed by atoms with E-state index in [4.69, 9.17) is 14.5 Å². The Balaban J connectivity index is 1.37. The Hall–Kier alpha value is -4.56. The summed E-state index contributed by atoms with van der Waals surface area (Å²) in [6, 6.07) is 30.1. The van der Waals surface area contributed by atoms with Gasteiger partial charge < -0.3 is 19.7 Å². The zero-order valence-electron chi connectivity index (χ0n) is 22.8. The fourth-order valence-corrected chi connectivity index (χ4v) is 5.15. The van der Waals surface area contributed by atoms with Crippen LogP contribution in [-0.2, 0) is 20.3 Å². The van der Waals surface area contributed by atoms with Crippen molar-refractivity contribution in [1.82, 2.24) is 19.4 Å². The van der Waals surface area contributed by atoms with Crippen molar-refractivity contribution in [2.45, 2.75) is 26.2 Å². The molecule has 6 rings (SSSR count). The molecule has 1 aliphatic heterocycles. The molecule has 0 spiro atoms. The summed E-state index contributed by atoms with van der Waals surface area (Å²) in [7, 11) is 1.81. The van der Waals surface area contributed by atoms with Gasteiger partial charge in [0, 0.05) is 44.5 Å². The highest BCUT2D eigenvalue weighted by molar-refractivity contribution is 5.82. The van der Waals surface area contributed by atoms with E-state index in [1.165, 1.54) is 0 Å². The Morgan fingerprint density at radius 1 is 0.875 bits per heavy atom. The van der Waals surface area contributed by atoms with Crippen LogP contribution in [0, 0.1) is 0 Å². The maximum Gasteiger partial charge on any atom is 0.333 e. The molecule has 8 heteroatoms. The highest BCUT2D eigenvalue weighted by atomic mass is 16.5. The van der Waals surface area contributed by atoms with E-state index in [9.17, 15) is 4.79 Å². The van der Waals surface area contributed by atoms with Crippen LogP contribution in [0.5, 0.6) is 11.8 Å². The summed E-state index contributed by atoms with van der Waals surface area (Å²) >= 11 is 0. The van der Waals surface area contributed by atoms with E-state index in [1.54, 1.807) is 22.2 Å². The number of hydrogen-bond donors (Lipinski definition) is 1. The molecule has 204 valence electrons. The molecule has 8 nitrogen and oxygen atoms in total. The second-order valence-electron chi connectivity index (χ2n) is 10.2. The highest BCUT2D eigenvalue weighted by Gasteiger charge is 2.21. The van der Waals surface area contributed by atoms with Crippen LogP contribution in [0.3, 0.4) is 0 Å². The second kappa shape index (κ2) is 11.3. The first-order valence-corrected chi connectivity index (χ1v) is 13.6. The minimum atomic E-state index is -0.162. The van der Waals surface area contributed by atoms with Gasteiger partial charge >= 0.3 is 5.69 Å². The van der Waals surface area contributed by atoms with Gasteiger partial charge in [0.05, 0.1) is 11.0 Å². The van der Waals surface area contributed by atoms with Crippen molar-refractivity contribution >= 4 is 16.7 Å². The topological polar surface area (TPSA) is 73.6 Å². The summed E-state index contributed by atoms with van der Waals surface area (Å²) in [6.07, 6.45) is 0. The molecule has 0 bridgehead atoms. The summed E-state index contributed by atoms with van der Waals surface area (Å²) in [4.78, 5) is 20.7. The lowest BCUT2D eigenvalue weighted by Gasteiger charge is -2.33. The number of rotatable bonds is 8. The molecule has 3 aromatic carbocycles. The molecule has 1 N–H and O–H groups in total. The summed E-state index contributed by atoms with van der Waals surface area (Å²) < 4.78 is 15.6. The predicted molar refractivity (Wildman–Crippen MR) is 158 cm³/mol. The number of aryl methyl sites for hydroxylation is 1. The standard InChI is InChI=1S/C32H33N5O3/c1-23-20-36(18-17-33-23)26-13-14-27-29(19-26)35(2)32(38)37(27)28-15-16-30(39-21-24-9-5-3-6-10-24)34-31(28)40-22-25-11-7-4-8-12-25/h3-16,19,23,33H,17-18,20-22H2,1-2H3/t23-/m1/s1. The third-order valence-electron chi connectivity index (χ3n) is 7.28. The molecule has 2 aromatic heterocycles. The van der Waals surface area contributed by atoms with Crippen LogP contribution in [0.25, 0.3) is 16.7 Å². The SMILES string of the molecule is C[C@@H]1CN(c2ccc3c(c2)n(C)c(=O)n3-c2ccc(OCc3ccccc3)nc2OCc2ccccc2)CCN1. The summed E-state index contributed by atoms with van der Waals surface area (Å²) in [5, 5.41) is 3.49. The fraction of sp³-hybridized carbons (Fsp3) is 0.250. The molecule has 0 saturated carbocycles. The predicted octanol–water partition coefficient (Wildman–Crippen LogP) is 4.68. The molecule has 1 fully saturated rings. The molecule has 1 atom stereocenters. The van der Waals surface area contributed by atoms with Crippen molar-refractivity contribution in [1.29, 1.82) is 0 Å². The Morgan fingerprint density at radius 2 is 1.57 bits per heavy atom. The Morgan fingerprint density at radius 3 is 2.27 bits per heavy atom. The van der Waals surface area contributed by atoms with E-state index in [2.05, 4.69) is 29.3 Å². The van der Waals surface area contributed by atoms with Crippen LogP contribution in [0.2, 0.25) is 0 Å². The number of pyridine rings is 1. The fourth-order valence-electron chi connectivity index (χ4n) is 5.15. The summed E-state index contributed by atoms with van der Waals surface area (Å²) in [5.41, 5.74) is 5.21. The first-order valence-electron chi connectivity index (χ1n) is 13.6. The van der Waals surface area contributed by atoms with Crippen LogP contribution in [0.4, 0.5) is 5.69 Å². The number of aromatic nitrogens is 3. The van der Waals surface area contributed by atoms with E-state index in [0.717, 1.165) is 47.5 Å². The second-order valence-corrected chi connectivity index (χ2v) is 10.2. The molecular weight excluding hydrogens is 502 g/mol. The lowest BCUT2D eigenvalue weighted by molar-refractivity contribution is 0.267. The number of nitrogens with zero attached hydrogens (tertiary/aromatic N) is 4. The number of imidazole rings is 1. The molecule has 0 radical (unpaired) electrons. The Labute approximate surface area is 233 Å². The van der Waals surface area contributed by atoms with Gasteiger partial charge in [-0.2, -0.15) is 4.98 Å². The number of fused-ring (bicyclic) bond motifs is 1. The third-order valence-corrected chi connectivity index (χ3v) is 7.28. The molecule has 5 aromatic rings. The first-order chi connectivity index (χ1) is 19.6. The molecule has 3 heterocycles. The Kier molecular flexibility index (Phi) is 7.25. The molecular formula is C32H33N5O3. The van der Waals surface area contributed by atoms with Crippen LogP contribution in [0.15, 0.2) is 95.8 Å². The smallest absolute Gasteiger partial charge is 0.333 e. The van der Waals surface area contributed by atoms with E-state index >= 15 is 0 Å². The number of anilines is 1. The molecule has 0 aliphatic carbocycles. The molecule has 40 heavy (non-hydrogen) atoms. The van der Waals surface area contributed by atoms with E-state index in [-0.39, 0.29) is 5.69 Å². The molecule has 1 aliphatic rings. The lowest BCUT2D eigenvalue weighted by Crippen LogP contribution is -2.49. The van der Waals surface area contributed by atoms with Crippen LogP contribution >= 0.6 is 0 Å². The van der Waals surface area contributed by atoms with Crippen molar-refractivity contribution in [2.24, 2.45) is 7.05 Å². The largest absolute Gasteiger partial charge is 0.473 e. The van der Waals surface area contributed by atoms with Gasteiger partial charge in [0.25, 0.3) is 0 Å². The van der Waals surface area contributed by atoms with Gasteiger partial charge in [-0.15, -0.1) is 0 Å². The van der Waals surface area contributed by atoms with Crippen molar-refractivity contribution < 1.29 is 9.47 Å². The van der Waals surface area contributed by atoms with Gasteiger partial charge in [0.15, 0.2) is 0 Å². The summed E-state index contributed by atoms with van der Waals surface area (Å²) in [6.45, 7) is 5.67. The Bertz CT molecular complexity index is 1660.